The first-order valence-electron chi connectivity index (χ1n) is 10.4. The van der Waals surface area contributed by atoms with E-state index >= 15 is 0 Å². The number of methoxy groups -OCH3 is 2. The summed E-state index contributed by atoms with van der Waals surface area (Å²) in [6.07, 6.45) is 2.07. The zero-order chi connectivity index (χ0) is 21.4. The summed E-state index contributed by atoms with van der Waals surface area (Å²) >= 11 is 0. The molecule has 0 saturated carbocycles. The number of fused-ring (bicyclic) bond motifs is 2. The van der Waals surface area contributed by atoms with E-state index in [1.54, 1.807) is 14.2 Å². The highest BCUT2D eigenvalue weighted by atomic mass is 16.5. The van der Waals surface area contributed by atoms with Gasteiger partial charge in [-0.15, -0.1) is 0 Å². The van der Waals surface area contributed by atoms with Gasteiger partial charge in [0.15, 0.2) is 5.60 Å². The van der Waals surface area contributed by atoms with E-state index in [4.69, 9.17) is 14.2 Å². The lowest BCUT2D eigenvalue weighted by atomic mass is 9.80. The van der Waals surface area contributed by atoms with Crippen LogP contribution in [0.1, 0.15) is 29.2 Å². The fourth-order valence-electron chi connectivity index (χ4n) is 4.57. The minimum absolute atomic E-state index is 0.765. The Morgan fingerprint density at radius 2 is 1.23 bits per heavy atom. The van der Waals surface area contributed by atoms with Gasteiger partial charge in [0.1, 0.15) is 17.3 Å². The van der Waals surface area contributed by atoms with E-state index in [-0.39, 0.29) is 0 Å². The Morgan fingerprint density at radius 3 is 1.84 bits per heavy atom. The molecule has 0 aromatic heterocycles. The molecule has 4 aromatic rings. The minimum Gasteiger partial charge on any atom is -0.496 e. The average molecular weight is 408 g/mol. The van der Waals surface area contributed by atoms with Gasteiger partial charge in [0.2, 0.25) is 0 Å². The van der Waals surface area contributed by atoms with Crippen molar-refractivity contribution in [1.82, 2.24) is 0 Å². The molecule has 1 aliphatic rings. The number of benzene rings is 4. The maximum absolute atomic E-state index is 6.79. The standard InChI is InChI=1S/C28H24O3/c1-28(20-14-8-5-9-15-20)25-23(18-24(31-28)19-12-6-4-7-13-19)26(29-2)21-16-10-11-17-22(21)27(25)30-3/h4-18H,1-3H3. The largest absolute Gasteiger partial charge is 0.496 e. The molecule has 4 aromatic carbocycles. The molecule has 0 saturated heterocycles. The first-order chi connectivity index (χ1) is 15.2. The van der Waals surface area contributed by atoms with Crippen molar-refractivity contribution in [2.24, 2.45) is 0 Å². The number of ether oxygens (including phenoxy) is 3. The molecule has 1 heterocycles. The molecule has 154 valence electrons. The van der Waals surface area contributed by atoms with Gasteiger partial charge in [-0.3, -0.25) is 0 Å². The highest BCUT2D eigenvalue weighted by Gasteiger charge is 2.42. The van der Waals surface area contributed by atoms with Crippen LogP contribution in [-0.2, 0) is 10.3 Å². The Morgan fingerprint density at radius 1 is 0.677 bits per heavy atom. The van der Waals surface area contributed by atoms with E-state index in [0.29, 0.717) is 0 Å². The Hall–Kier alpha value is -3.72. The second-order valence-electron chi connectivity index (χ2n) is 7.78. The van der Waals surface area contributed by atoms with Gasteiger partial charge in [-0.2, -0.15) is 0 Å². The van der Waals surface area contributed by atoms with Crippen LogP contribution in [0, 0.1) is 0 Å². The lowest BCUT2D eigenvalue weighted by Gasteiger charge is -2.39. The lowest BCUT2D eigenvalue weighted by Crippen LogP contribution is -2.31. The molecule has 1 aliphatic heterocycles. The Kier molecular flexibility index (Phi) is 4.67. The third-order valence-electron chi connectivity index (χ3n) is 6.02. The zero-order valence-electron chi connectivity index (χ0n) is 17.9. The van der Waals surface area contributed by atoms with Crippen LogP contribution in [-0.4, -0.2) is 14.2 Å². The van der Waals surface area contributed by atoms with Crippen LogP contribution in [0.25, 0.3) is 22.6 Å². The van der Waals surface area contributed by atoms with E-state index in [0.717, 1.165) is 50.3 Å². The van der Waals surface area contributed by atoms with Crippen molar-refractivity contribution in [2.75, 3.05) is 14.2 Å². The molecule has 0 spiro atoms. The first kappa shape index (κ1) is 19.3. The summed E-state index contributed by atoms with van der Waals surface area (Å²) in [5.74, 6) is 2.43. The highest BCUT2D eigenvalue weighted by Crippen LogP contribution is 2.53. The Balaban J connectivity index is 1.92. The Labute approximate surface area is 182 Å². The van der Waals surface area contributed by atoms with Crippen LogP contribution < -0.4 is 9.47 Å². The smallest absolute Gasteiger partial charge is 0.161 e. The number of rotatable bonds is 4. The third-order valence-corrected chi connectivity index (χ3v) is 6.02. The maximum atomic E-state index is 6.79. The molecule has 3 nitrogen and oxygen atoms in total. The van der Waals surface area contributed by atoms with Crippen LogP contribution in [0.3, 0.4) is 0 Å². The second kappa shape index (κ2) is 7.51. The summed E-state index contributed by atoms with van der Waals surface area (Å²) in [6, 6.07) is 28.6. The summed E-state index contributed by atoms with van der Waals surface area (Å²) in [5, 5.41) is 2.02. The van der Waals surface area contributed by atoms with Crippen LogP contribution in [0.5, 0.6) is 11.5 Å². The van der Waals surface area contributed by atoms with E-state index in [1.807, 2.05) is 48.5 Å². The summed E-state index contributed by atoms with van der Waals surface area (Å²) in [7, 11) is 3.44. The average Bonchev–Trinajstić information content (AvgIpc) is 2.83. The fourth-order valence-corrected chi connectivity index (χ4v) is 4.57. The van der Waals surface area contributed by atoms with Crippen molar-refractivity contribution in [2.45, 2.75) is 12.5 Å². The predicted molar refractivity (Wildman–Crippen MR) is 125 cm³/mol. The molecule has 1 unspecified atom stereocenters. The molecular formula is C28H24O3. The van der Waals surface area contributed by atoms with E-state index in [2.05, 4.69) is 49.4 Å². The van der Waals surface area contributed by atoms with Gasteiger partial charge in [-0.1, -0.05) is 84.9 Å². The summed E-state index contributed by atoms with van der Waals surface area (Å²) in [4.78, 5) is 0. The molecular weight excluding hydrogens is 384 g/mol. The molecule has 1 atom stereocenters. The fraction of sp³-hybridized carbons (Fsp3) is 0.143. The van der Waals surface area contributed by atoms with Crippen molar-refractivity contribution in [3.05, 3.63) is 107 Å². The predicted octanol–water partition coefficient (Wildman–Crippen LogP) is 6.65. The summed E-state index contributed by atoms with van der Waals surface area (Å²) < 4.78 is 18.8. The first-order valence-corrected chi connectivity index (χ1v) is 10.4. The number of hydrogen-bond donors (Lipinski definition) is 0. The molecule has 0 N–H and O–H groups in total. The van der Waals surface area contributed by atoms with Gasteiger partial charge in [0.25, 0.3) is 0 Å². The molecule has 5 rings (SSSR count). The van der Waals surface area contributed by atoms with E-state index in [1.165, 1.54) is 0 Å². The molecule has 0 fully saturated rings. The maximum Gasteiger partial charge on any atom is 0.161 e. The van der Waals surface area contributed by atoms with Crippen LogP contribution in [0.15, 0.2) is 84.9 Å². The van der Waals surface area contributed by atoms with E-state index in [9.17, 15) is 0 Å². The lowest BCUT2D eigenvalue weighted by molar-refractivity contribution is 0.0921. The molecule has 0 aliphatic carbocycles. The van der Waals surface area contributed by atoms with Crippen molar-refractivity contribution < 1.29 is 14.2 Å². The quantitative estimate of drug-likeness (QED) is 0.378. The normalized spacial score (nSPS) is 17.5. The summed E-state index contributed by atoms with van der Waals surface area (Å²) in [6.45, 7) is 2.10. The molecule has 0 amide bonds. The van der Waals surface area contributed by atoms with Crippen molar-refractivity contribution in [3.63, 3.8) is 0 Å². The summed E-state index contributed by atoms with van der Waals surface area (Å²) in [5.41, 5.74) is 3.25. The van der Waals surface area contributed by atoms with Gasteiger partial charge in [-0.25, -0.2) is 0 Å². The van der Waals surface area contributed by atoms with Gasteiger partial charge < -0.3 is 14.2 Å². The van der Waals surface area contributed by atoms with Gasteiger partial charge >= 0.3 is 0 Å². The van der Waals surface area contributed by atoms with Gasteiger partial charge in [-0.05, 0) is 18.6 Å². The molecule has 3 heteroatoms. The van der Waals surface area contributed by atoms with Gasteiger partial charge in [0, 0.05) is 21.9 Å². The Bertz CT molecular complexity index is 1280. The van der Waals surface area contributed by atoms with Crippen molar-refractivity contribution in [3.8, 4) is 11.5 Å². The van der Waals surface area contributed by atoms with E-state index < -0.39 is 5.60 Å². The number of hydrogen-bond acceptors (Lipinski definition) is 3. The van der Waals surface area contributed by atoms with Crippen LogP contribution in [0.2, 0.25) is 0 Å². The molecule has 31 heavy (non-hydrogen) atoms. The minimum atomic E-state index is -0.765. The van der Waals surface area contributed by atoms with Crippen LogP contribution >= 0.6 is 0 Å². The topological polar surface area (TPSA) is 27.7 Å². The highest BCUT2D eigenvalue weighted by molar-refractivity contribution is 6.01. The SMILES string of the molecule is COc1c2c(c(OC)c3ccccc13)C(C)(c1ccccc1)OC(c1ccccc1)=C2. The van der Waals surface area contributed by atoms with Crippen molar-refractivity contribution in [1.29, 1.82) is 0 Å². The zero-order valence-corrected chi connectivity index (χ0v) is 17.9. The molecule has 0 radical (unpaired) electrons. The van der Waals surface area contributed by atoms with Crippen molar-refractivity contribution >= 4 is 22.6 Å². The van der Waals surface area contributed by atoms with Gasteiger partial charge in [0.05, 0.1) is 19.8 Å². The third kappa shape index (κ3) is 2.97. The van der Waals surface area contributed by atoms with Crippen LogP contribution in [0.4, 0.5) is 0 Å². The second-order valence-corrected chi connectivity index (χ2v) is 7.78. The monoisotopic (exact) mass is 408 g/mol. The molecule has 0 bridgehead atoms.